The van der Waals surface area contributed by atoms with Crippen LogP contribution in [0.15, 0.2) is 0 Å². The first kappa shape index (κ1) is 17.4. The Bertz CT molecular complexity index is 398. The van der Waals surface area contributed by atoms with Gasteiger partial charge in [-0.05, 0) is 25.7 Å². The molecule has 0 spiro atoms. The molecular weight excluding hydrogens is 272 g/mol. The van der Waals surface area contributed by atoms with Crippen LogP contribution in [0.3, 0.4) is 0 Å². The Hall–Kier alpha value is -1.63. The van der Waals surface area contributed by atoms with Crippen molar-refractivity contribution < 1.29 is 14.4 Å². The minimum absolute atomic E-state index is 0.119. The smallest absolute Gasteiger partial charge is 0.245 e. The molecule has 120 valence electrons. The first-order valence-corrected chi connectivity index (χ1v) is 7.44. The summed E-state index contributed by atoms with van der Waals surface area (Å²) in [5.41, 5.74) is 5.22. The molecule has 0 aromatic rings. The average molecular weight is 298 g/mol. The molecule has 3 amide bonds. The molecular formula is C14H26N4O3. The molecule has 1 saturated heterocycles. The summed E-state index contributed by atoms with van der Waals surface area (Å²) >= 11 is 0. The van der Waals surface area contributed by atoms with E-state index in [0.29, 0.717) is 25.4 Å². The Balaban J connectivity index is 2.61. The Labute approximate surface area is 125 Å². The van der Waals surface area contributed by atoms with E-state index >= 15 is 0 Å². The maximum absolute atomic E-state index is 12.3. The molecule has 0 saturated carbocycles. The van der Waals surface area contributed by atoms with Gasteiger partial charge >= 0.3 is 0 Å². The highest BCUT2D eigenvalue weighted by molar-refractivity contribution is 5.92. The molecule has 7 nitrogen and oxygen atoms in total. The van der Waals surface area contributed by atoms with Gasteiger partial charge in [0.05, 0.1) is 6.54 Å². The number of rotatable bonds is 6. The first-order valence-electron chi connectivity index (χ1n) is 7.44. The Morgan fingerprint density at radius 2 is 1.95 bits per heavy atom. The van der Waals surface area contributed by atoms with Gasteiger partial charge in [0.25, 0.3) is 0 Å². The van der Waals surface area contributed by atoms with E-state index in [1.807, 2.05) is 13.8 Å². The van der Waals surface area contributed by atoms with Crippen molar-refractivity contribution >= 4 is 17.7 Å². The van der Waals surface area contributed by atoms with Crippen molar-refractivity contribution in [1.29, 1.82) is 0 Å². The largest absolute Gasteiger partial charge is 0.354 e. The van der Waals surface area contributed by atoms with E-state index in [1.54, 1.807) is 11.8 Å². The van der Waals surface area contributed by atoms with Crippen molar-refractivity contribution in [2.24, 2.45) is 11.7 Å². The summed E-state index contributed by atoms with van der Waals surface area (Å²) < 4.78 is 0. The number of carbonyl (C=O) groups is 3. The number of amides is 3. The van der Waals surface area contributed by atoms with Gasteiger partial charge in [0.2, 0.25) is 17.7 Å². The lowest BCUT2D eigenvalue weighted by molar-refractivity contribution is -0.140. The van der Waals surface area contributed by atoms with Crippen LogP contribution in [-0.2, 0) is 14.4 Å². The maximum Gasteiger partial charge on any atom is 0.245 e. The summed E-state index contributed by atoms with van der Waals surface area (Å²) in [7, 11) is 0. The van der Waals surface area contributed by atoms with Crippen LogP contribution in [0.25, 0.3) is 0 Å². The number of carbonyl (C=O) groups excluding carboxylic acids is 3. The van der Waals surface area contributed by atoms with Crippen molar-refractivity contribution in [1.82, 2.24) is 15.5 Å². The van der Waals surface area contributed by atoms with Gasteiger partial charge in [-0.1, -0.05) is 13.8 Å². The molecule has 1 aliphatic heterocycles. The average Bonchev–Trinajstić information content (AvgIpc) is 2.92. The number of nitrogens with two attached hydrogens (primary N) is 1. The normalized spacial score (nSPS) is 19.5. The minimum atomic E-state index is -0.667. The van der Waals surface area contributed by atoms with Gasteiger partial charge in [0.15, 0.2) is 0 Å². The first-order chi connectivity index (χ1) is 9.86. The predicted octanol–water partition coefficient (Wildman–Crippen LogP) is -0.787. The van der Waals surface area contributed by atoms with Crippen molar-refractivity contribution in [2.75, 3.05) is 19.6 Å². The molecule has 21 heavy (non-hydrogen) atoms. The highest BCUT2D eigenvalue weighted by Crippen LogP contribution is 2.18. The van der Waals surface area contributed by atoms with Crippen LogP contribution in [0.2, 0.25) is 0 Å². The molecule has 1 rings (SSSR count). The van der Waals surface area contributed by atoms with E-state index in [1.165, 1.54) is 0 Å². The second-order valence-electron chi connectivity index (χ2n) is 5.82. The van der Waals surface area contributed by atoms with Gasteiger partial charge in [0, 0.05) is 13.1 Å². The second kappa shape index (κ2) is 7.97. The van der Waals surface area contributed by atoms with E-state index in [-0.39, 0.29) is 24.3 Å². The van der Waals surface area contributed by atoms with Crippen LogP contribution >= 0.6 is 0 Å². The number of hydrogen-bond donors (Lipinski definition) is 3. The number of likely N-dealkylation sites (tertiary alicyclic amines) is 1. The molecule has 0 radical (unpaired) electrons. The molecule has 0 bridgehead atoms. The van der Waals surface area contributed by atoms with Crippen molar-refractivity contribution in [3.8, 4) is 0 Å². The van der Waals surface area contributed by atoms with Crippen molar-refractivity contribution in [3.05, 3.63) is 0 Å². The van der Waals surface area contributed by atoms with Gasteiger partial charge in [-0.15, -0.1) is 0 Å². The zero-order valence-electron chi connectivity index (χ0n) is 13.0. The van der Waals surface area contributed by atoms with Crippen molar-refractivity contribution in [2.45, 2.75) is 45.7 Å². The second-order valence-corrected chi connectivity index (χ2v) is 5.82. The predicted molar refractivity (Wildman–Crippen MR) is 79.2 cm³/mol. The highest BCUT2D eigenvalue weighted by atomic mass is 16.2. The lowest BCUT2D eigenvalue weighted by atomic mass is 10.1. The summed E-state index contributed by atoms with van der Waals surface area (Å²) in [6.45, 7) is 6.62. The summed E-state index contributed by atoms with van der Waals surface area (Å²) in [5, 5.41) is 5.39. The van der Waals surface area contributed by atoms with E-state index in [2.05, 4.69) is 10.6 Å². The SMILES string of the molecule is CC(C)CNC(=O)[C@@H]1CCCN1C(=O)[C@H](C)NC(=O)CN. The standard InChI is InChI=1S/C14H26N4O3/c1-9(2)8-16-13(20)11-5-4-6-18(11)14(21)10(3)17-12(19)7-15/h9-11H,4-8,15H2,1-3H3,(H,16,20)(H,17,19)/t10-,11-/m0/s1. The summed E-state index contributed by atoms with van der Waals surface area (Å²) in [6.07, 6.45) is 1.45. The van der Waals surface area contributed by atoms with Crippen LogP contribution in [0.1, 0.15) is 33.6 Å². The lowest BCUT2D eigenvalue weighted by Gasteiger charge is -2.27. The van der Waals surface area contributed by atoms with Crippen LogP contribution in [-0.4, -0.2) is 54.3 Å². The summed E-state index contributed by atoms with van der Waals surface area (Å²) in [4.78, 5) is 37.3. The topological polar surface area (TPSA) is 105 Å². The number of nitrogens with one attached hydrogen (secondary N) is 2. The quantitative estimate of drug-likeness (QED) is 0.598. The van der Waals surface area contributed by atoms with Gasteiger partial charge in [-0.2, -0.15) is 0 Å². The molecule has 2 atom stereocenters. The molecule has 1 aliphatic rings. The van der Waals surface area contributed by atoms with Gasteiger partial charge in [-0.25, -0.2) is 0 Å². The van der Waals surface area contributed by atoms with Crippen LogP contribution in [0.5, 0.6) is 0 Å². The molecule has 0 aliphatic carbocycles. The fourth-order valence-electron chi connectivity index (χ4n) is 2.34. The molecule has 0 unspecified atom stereocenters. The van der Waals surface area contributed by atoms with E-state index in [9.17, 15) is 14.4 Å². The Morgan fingerprint density at radius 1 is 1.29 bits per heavy atom. The van der Waals surface area contributed by atoms with E-state index < -0.39 is 12.1 Å². The van der Waals surface area contributed by atoms with Gasteiger partial charge in [0.1, 0.15) is 12.1 Å². The zero-order valence-corrected chi connectivity index (χ0v) is 13.0. The fraction of sp³-hybridized carbons (Fsp3) is 0.786. The van der Waals surface area contributed by atoms with Crippen LogP contribution in [0, 0.1) is 5.92 Å². The number of nitrogens with zero attached hydrogens (tertiary/aromatic N) is 1. The zero-order chi connectivity index (χ0) is 16.0. The fourth-order valence-corrected chi connectivity index (χ4v) is 2.34. The van der Waals surface area contributed by atoms with E-state index in [0.717, 1.165) is 6.42 Å². The Kier molecular flexibility index (Phi) is 6.61. The maximum atomic E-state index is 12.3. The lowest BCUT2D eigenvalue weighted by Crippen LogP contribution is -2.53. The molecule has 1 fully saturated rings. The van der Waals surface area contributed by atoms with Crippen molar-refractivity contribution in [3.63, 3.8) is 0 Å². The monoisotopic (exact) mass is 298 g/mol. The molecule has 0 aromatic carbocycles. The number of hydrogen-bond acceptors (Lipinski definition) is 4. The summed E-state index contributed by atoms with van der Waals surface area (Å²) in [5.74, 6) is -0.371. The van der Waals surface area contributed by atoms with Crippen LogP contribution < -0.4 is 16.4 Å². The van der Waals surface area contributed by atoms with Gasteiger partial charge in [-0.3, -0.25) is 14.4 Å². The van der Waals surface area contributed by atoms with Crippen LogP contribution in [0.4, 0.5) is 0 Å². The third-order valence-corrected chi connectivity index (χ3v) is 3.46. The third-order valence-electron chi connectivity index (χ3n) is 3.46. The van der Waals surface area contributed by atoms with Gasteiger partial charge < -0.3 is 21.3 Å². The highest BCUT2D eigenvalue weighted by Gasteiger charge is 2.36. The van der Waals surface area contributed by atoms with E-state index in [4.69, 9.17) is 5.73 Å². The molecule has 0 aromatic heterocycles. The molecule has 1 heterocycles. The Morgan fingerprint density at radius 3 is 2.52 bits per heavy atom. The third kappa shape index (κ3) is 5.00. The molecule has 4 N–H and O–H groups in total. The summed E-state index contributed by atoms with van der Waals surface area (Å²) in [6, 6.07) is -1.10. The molecule has 7 heteroatoms. The minimum Gasteiger partial charge on any atom is -0.354 e.